The number of aromatic nitrogens is 4. The van der Waals surface area contributed by atoms with Crippen molar-refractivity contribution in [2.45, 2.75) is 12.8 Å². The highest BCUT2D eigenvalue weighted by Crippen LogP contribution is 2.35. The summed E-state index contributed by atoms with van der Waals surface area (Å²) in [7, 11) is 0. The van der Waals surface area contributed by atoms with Crippen LogP contribution < -0.4 is 4.90 Å². The minimum absolute atomic E-state index is 0.00190. The SMILES string of the molecule is C=CC(=O)N1CCC(C#Cc2cc3nc(-c4cccc5[nH]ncc45)nc(N4CCOCC4)c3s2)CC1. The maximum Gasteiger partial charge on any atom is 0.245 e. The third-order valence-corrected chi connectivity index (χ3v) is 7.81. The minimum Gasteiger partial charge on any atom is -0.378 e. The number of aromatic amines is 1. The Morgan fingerprint density at radius 3 is 2.83 bits per heavy atom. The van der Waals surface area contributed by atoms with E-state index in [0.29, 0.717) is 19.0 Å². The van der Waals surface area contributed by atoms with E-state index in [0.717, 1.165) is 76.4 Å². The van der Waals surface area contributed by atoms with E-state index in [-0.39, 0.29) is 11.8 Å². The minimum atomic E-state index is 0.00190. The van der Waals surface area contributed by atoms with Crippen molar-refractivity contribution in [3.05, 3.63) is 48.0 Å². The van der Waals surface area contributed by atoms with E-state index in [1.165, 1.54) is 6.08 Å². The summed E-state index contributed by atoms with van der Waals surface area (Å²) in [5.74, 6) is 8.75. The highest BCUT2D eigenvalue weighted by Gasteiger charge is 2.22. The molecule has 0 atom stereocenters. The first-order valence-electron chi connectivity index (χ1n) is 12.2. The number of benzene rings is 1. The van der Waals surface area contributed by atoms with E-state index in [1.54, 1.807) is 11.3 Å². The molecule has 0 unspecified atom stereocenters. The van der Waals surface area contributed by atoms with Gasteiger partial charge in [0.15, 0.2) is 11.6 Å². The average molecular weight is 499 g/mol. The van der Waals surface area contributed by atoms with E-state index in [4.69, 9.17) is 14.7 Å². The largest absolute Gasteiger partial charge is 0.378 e. The highest BCUT2D eigenvalue weighted by atomic mass is 32.1. The van der Waals surface area contributed by atoms with E-state index >= 15 is 0 Å². The lowest BCUT2D eigenvalue weighted by atomic mass is 9.97. The van der Waals surface area contributed by atoms with Gasteiger partial charge in [-0.1, -0.05) is 30.6 Å². The maximum atomic E-state index is 11.8. The third kappa shape index (κ3) is 4.34. The van der Waals surface area contributed by atoms with Gasteiger partial charge in [0.25, 0.3) is 0 Å². The molecule has 8 nitrogen and oxygen atoms in total. The number of thiophene rings is 1. The zero-order valence-corrected chi connectivity index (χ0v) is 20.7. The monoisotopic (exact) mass is 498 g/mol. The molecule has 5 heterocycles. The van der Waals surface area contributed by atoms with Crippen molar-refractivity contribution < 1.29 is 9.53 Å². The number of nitrogens with zero attached hydrogens (tertiary/aromatic N) is 5. The molecule has 1 amide bonds. The summed E-state index contributed by atoms with van der Waals surface area (Å²) in [6.45, 7) is 8.00. The van der Waals surface area contributed by atoms with Crippen LogP contribution in [0.5, 0.6) is 0 Å². The van der Waals surface area contributed by atoms with Gasteiger partial charge < -0.3 is 14.5 Å². The molecular formula is C27H26N6O2S. The molecule has 0 spiro atoms. The number of ether oxygens (including phenoxy) is 1. The Balaban J connectivity index is 1.35. The van der Waals surface area contributed by atoms with E-state index in [2.05, 4.69) is 39.6 Å². The third-order valence-electron chi connectivity index (χ3n) is 6.77. The van der Waals surface area contributed by atoms with Crippen LogP contribution >= 0.6 is 11.3 Å². The number of morpholine rings is 1. The second kappa shape index (κ2) is 9.72. The van der Waals surface area contributed by atoms with E-state index in [1.807, 2.05) is 29.3 Å². The molecule has 2 aliphatic rings. The topological polar surface area (TPSA) is 87.2 Å². The lowest BCUT2D eigenvalue weighted by Gasteiger charge is -2.28. The van der Waals surface area contributed by atoms with Crippen LogP contribution in [0.2, 0.25) is 0 Å². The van der Waals surface area contributed by atoms with Crippen LogP contribution in [0.3, 0.4) is 0 Å². The molecule has 9 heteroatoms. The number of hydrogen-bond acceptors (Lipinski definition) is 7. The molecule has 182 valence electrons. The summed E-state index contributed by atoms with van der Waals surface area (Å²) in [6.07, 6.45) is 4.98. The Hall–Kier alpha value is -3.74. The summed E-state index contributed by atoms with van der Waals surface area (Å²) in [5, 5.41) is 8.24. The number of carbonyl (C=O) groups is 1. The number of rotatable bonds is 3. The number of amides is 1. The molecule has 2 aliphatic heterocycles. The van der Waals surface area contributed by atoms with Crippen LogP contribution in [0.15, 0.2) is 43.1 Å². The number of piperidine rings is 1. The lowest BCUT2D eigenvalue weighted by Crippen LogP contribution is -2.37. The van der Waals surface area contributed by atoms with Crippen molar-refractivity contribution in [2.75, 3.05) is 44.3 Å². The van der Waals surface area contributed by atoms with Crippen LogP contribution in [-0.2, 0) is 9.53 Å². The first-order valence-corrected chi connectivity index (χ1v) is 13.0. The fourth-order valence-corrected chi connectivity index (χ4v) is 5.77. The Kier molecular flexibility index (Phi) is 6.13. The summed E-state index contributed by atoms with van der Waals surface area (Å²) in [6, 6.07) is 8.12. The molecule has 6 rings (SSSR count). The molecule has 0 bridgehead atoms. The fourth-order valence-electron chi connectivity index (χ4n) is 4.80. The van der Waals surface area contributed by atoms with Crippen molar-refractivity contribution in [3.8, 4) is 23.2 Å². The number of likely N-dealkylation sites (tertiary alicyclic amines) is 1. The lowest BCUT2D eigenvalue weighted by molar-refractivity contribution is -0.127. The Bertz CT molecular complexity index is 1500. The van der Waals surface area contributed by atoms with Gasteiger partial charge in [0.05, 0.1) is 40.0 Å². The van der Waals surface area contributed by atoms with Crippen LogP contribution in [0, 0.1) is 17.8 Å². The molecule has 0 saturated carbocycles. The van der Waals surface area contributed by atoms with Crippen molar-refractivity contribution in [1.82, 2.24) is 25.1 Å². The molecule has 36 heavy (non-hydrogen) atoms. The average Bonchev–Trinajstić information content (AvgIpc) is 3.58. The van der Waals surface area contributed by atoms with E-state index in [9.17, 15) is 4.79 Å². The van der Waals surface area contributed by atoms with Crippen molar-refractivity contribution >= 4 is 44.2 Å². The quantitative estimate of drug-likeness (QED) is 0.341. The van der Waals surface area contributed by atoms with Crippen molar-refractivity contribution in [1.29, 1.82) is 0 Å². The molecule has 4 aromatic rings. The Labute approximate surface area is 213 Å². The molecule has 2 fully saturated rings. The van der Waals surface area contributed by atoms with Gasteiger partial charge in [-0.2, -0.15) is 5.10 Å². The smallest absolute Gasteiger partial charge is 0.245 e. The molecule has 1 N–H and O–H groups in total. The second-order valence-electron chi connectivity index (χ2n) is 9.01. The summed E-state index contributed by atoms with van der Waals surface area (Å²) in [4.78, 5) is 27.0. The number of hydrogen-bond donors (Lipinski definition) is 1. The second-order valence-corrected chi connectivity index (χ2v) is 10.1. The molecule has 1 aromatic carbocycles. The highest BCUT2D eigenvalue weighted by molar-refractivity contribution is 7.20. The molecule has 0 aliphatic carbocycles. The molecule has 3 aromatic heterocycles. The number of anilines is 1. The van der Waals surface area contributed by atoms with Gasteiger partial charge in [-0.3, -0.25) is 9.89 Å². The Morgan fingerprint density at radius 2 is 2.03 bits per heavy atom. The predicted molar refractivity (Wildman–Crippen MR) is 142 cm³/mol. The van der Waals surface area contributed by atoms with Crippen molar-refractivity contribution in [3.63, 3.8) is 0 Å². The summed E-state index contributed by atoms with van der Waals surface area (Å²) < 4.78 is 6.64. The van der Waals surface area contributed by atoms with Gasteiger partial charge in [0, 0.05) is 43.0 Å². The molecular weight excluding hydrogens is 472 g/mol. The van der Waals surface area contributed by atoms with Crippen LogP contribution in [0.1, 0.15) is 17.7 Å². The Morgan fingerprint density at radius 1 is 1.19 bits per heavy atom. The number of H-pyrrole nitrogens is 1. The number of carbonyl (C=O) groups excluding carboxylic acids is 1. The summed E-state index contributed by atoms with van der Waals surface area (Å²) in [5.41, 5.74) is 2.82. The van der Waals surface area contributed by atoms with Gasteiger partial charge in [-0.05, 0) is 31.1 Å². The zero-order chi connectivity index (χ0) is 24.5. The standard InChI is InChI=1S/C27H26N6O2S/c1-2-24(34)32-10-8-18(9-11-32)6-7-19-16-23-25(36-19)27(33-12-14-35-15-13-33)30-26(29-23)20-4-3-5-22-21(20)17-28-31-22/h2-5,16-18H,1,8-15H2,(H,28,31). The van der Waals surface area contributed by atoms with Crippen LogP contribution in [0.25, 0.3) is 32.5 Å². The van der Waals surface area contributed by atoms with Crippen LogP contribution in [-0.4, -0.2) is 70.4 Å². The van der Waals surface area contributed by atoms with E-state index < -0.39 is 0 Å². The number of fused-ring (bicyclic) bond motifs is 2. The van der Waals surface area contributed by atoms with Crippen LogP contribution in [0.4, 0.5) is 5.82 Å². The number of nitrogens with one attached hydrogen (secondary N) is 1. The molecule has 0 radical (unpaired) electrons. The normalized spacial score (nSPS) is 16.8. The first-order chi connectivity index (χ1) is 17.7. The first kappa shape index (κ1) is 22.7. The molecule has 2 saturated heterocycles. The van der Waals surface area contributed by atoms with Gasteiger partial charge >= 0.3 is 0 Å². The van der Waals surface area contributed by atoms with Gasteiger partial charge in [0.2, 0.25) is 5.91 Å². The summed E-state index contributed by atoms with van der Waals surface area (Å²) >= 11 is 1.65. The zero-order valence-electron chi connectivity index (χ0n) is 19.9. The fraction of sp³-hybridized carbons (Fsp3) is 0.333. The predicted octanol–water partition coefficient (Wildman–Crippen LogP) is 3.85. The van der Waals surface area contributed by atoms with Gasteiger partial charge in [-0.15, -0.1) is 11.3 Å². The van der Waals surface area contributed by atoms with Gasteiger partial charge in [0.1, 0.15) is 0 Å². The maximum absolute atomic E-state index is 11.8. The van der Waals surface area contributed by atoms with Gasteiger partial charge in [-0.25, -0.2) is 9.97 Å². The van der Waals surface area contributed by atoms with Crippen molar-refractivity contribution in [2.24, 2.45) is 5.92 Å².